The number of hydrogen-bond acceptors (Lipinski definition) is 3. The van der Waals surface area contributed by atoms with E-state index in [0.717, 1.165) is 18.5 Å². The predicted molar refractivity (Wildman–Crippen MR) is 68.4 cm³/mol. The van der Waals surface area contributed by atoms with Gasteiger partial charge in [0.1, 0.15) is 6.04 Å². The summed E-state index contributed by atoms with van der Waals surface area (Å²) in [5.74, 6) is -0.687. The Morgan fingerprint density at radius 1 is 1.58 bits per heavy atom. The molecule has 1 heterocycles. The number of aryl methyl sites for hydroxylation is 2. The van der Waals surface area contributed by atoms with Gasteiger partial charge in [-0.3, -0.25) is 9.48 Å². The third-order valence-corrected chi connectivity index (χ3v) is 3.43. The number of hydrogen-bond donors (Lipinski definition) is 2. The molecule has 6 heteroatoms. The summed E-state index contributed by atoms with van der Waals surface area (Å²) in [6, 6.07) is 1.11. The second kappa shape index (κ2) is 5.86. The first-order chi connectivity index (χ1) is 9.06. The van der Waals surface area contributed by atoms with Gasteiger partial charge in [-0.15, -0.1) is 0 Å². The minimum atomic E-state index is -0.944. The monoisotopic (exact) mass is 265 g/mol. The van der Waals surface area contributed by atoms with Crippen molar-refractivity contribution in [2.45, 2.75) is 38.1 Å². The molecule has 1 aromatic rings. The smallest absolute Gasteiger partial charge is 0.326 e. The predicted octanol–water partition coefficient (Wildman–Crippen LogP) is 0.722. The van der Waals surface area contributed by atoms with Crippen LogP contribution in [-0.4, -0.2) is 32.8 Å². The molecule has 1 atom stereocenters. The Morgan fingerprint density at radius 3 is 2.84 bits per heavy atom. The molecule has 1 saturated carbocycles. The zero-order valence-electron chi connectivity index (χ0n) is 11.0. The maximum atomic E-state index is 11.8. The van der Waals surface area contributed by atoms with E-state index in [1.165, 1.54) is 0 Å². The normalized spacial score (nSPS) is 16.1. The van der Waals surface area contributed by atoms with Crippen molar-refractivity contribution in [2.24, 2.45) is 13.0 Å². The third-order valence-electron chi connectivity index (χ3n) is 3.43. The van der Waals surface area contributed by atoms with Crippen LogP contribution in [-0.2, 0) is 23.1 Å². The standard InChI is InChI=1S/C13H19N3O3/c1-16-10(6-7-14-16)4-5-12(17)15-11(13(18)19)8-9-2-3-9/h6-7,9,11H,2-5,8H2,1H3,(H,15,17)(H,18,19). The molecular weight excluding hydrogens is 246 g/mol. The summed E-state index contributed by atoms with van der Waals surface area (Å²) in [7, 11) is 1.82. The fourth-order valence-electron chi connectivity index (χ4n) is 2.06. The minimum Gasteiger partial charge on any atom is -0.480 e. The minimum absolute atomic E-state index is 0.214. The molecule has 0 aliphatic heterocycles. The van der Waals surface area contributed by atoms with Crippen LogP contribution in [0.5, 0.6) is 0 Å². The van der Waals surface area contributed by atoms with Gasteiger partial charge in [-0.25, -0.2) is 4.79 Å². The van der Waals surface area contributed by atoms with E-state index >= 15 is 0 Å². The average molecular weight is 265 g/mol. The molecule has 104 valence electrons. The van der Waals surface area contributed by atoms with Gasteiger partial charge >= 0.3 is 5.97 Å². The molecule has 1 aliphatic carbocycles. The lowest BCUT2D eigenvalue weighted by molar-refractivity contribution is -0.142. The molecule has 0 bridgehead atoms. The number of carboxylic acids is 1. The number of rotatable bonds is 7. The largest absolute Gasteiger partial charge is 0.480 e. The fourth-order valence-corrected chi connectivity index (χ4v) is 2.06. The van der Waals surface area contributed by atoms with Crippen LogP contribution in [0.4, 0.5) is 0 Å². The zero-order chi connectivity index (χ0) is 13.8. The third kappa shape index (κ3) is 4.08. The molecule has 1 amide bonds. The Balaban J connectivity index is 1.78. The van der Waals surface area contributed by atoms with Crippen molar-refractivity contribution in [1.29, 1.82) is 0 Å². The van der Waals surface area contributed by atoms with Crippen LogP contribution in [0.2, 0.25) is 0 Å². The van der Waals surface area contributed by atoms with Crippen LogP contribution >= 0.6 is 0 Å². The van der Waals surface area contributed by atoms with Crippen LogP contribution in [0, 0.1) is 5.92 Å². The van der Waals surface area contributed by atoms with Crippen LogP contribution in [0.25, 0.3) is 0 Å². The van der Waals surface area contributed by atoms with Crippen molar-refractivity contribution in [1.82, 2.24) is 15.1 Å². The highest BCUT2D eigenvalue weighted by Crippen LogP contribution is 2.33. The molecule has 1 aromatic heterocycles. The van der Waals surface area contributed by atoms with Gasteiger partial charge in [0.15, 0.2) is 0 Å². The quantitative estimate of drug-likeness (QED) is 0.761. The lowest BCUT2D eigenvalue weighted by Gasteiger charge is -2.14. The van der Waals surface area contributed by atoms with E-state index in [1.807, 2.05) is 13.1 Å². The van der Waals surface area contributed by atoms with Gasteiger partial charge in [0.05, 0.1) is 0 Å². The molecule has 0 spiro atoms. The number of nitrogens with zero attached hydrogens (tertiary/aromatic N) is 2. The molecule has 6 nitrogen and oxygen atoms in total. The average Bonchev–Trinajstić information content (AvgIpc) is 3.07. The van der Waals surface area contributed by atoms with E-state index in [1.54, 1.807) is 10.9 Å². The maximum absolute atomic E-state index is 11.8. The molecule has 19 heavy (non-hydrogen) atoms. The SMILES string of the molecule is Cn1nccc1CCC(=O)NC(CC1CC1)C(=O)O. The van der Waals surface area contributed by atoms with Crippen LogP contribution in [0.1, 0.15) is 31.4 Å². The lowest BCUT2D eigenvalue weighted by Crippen LogP contribution is -2.41. The van der Waals surface area contributed by atoms with Gasteiger partial charge < -0.3 is 10.4 Å². The molecule has 2 rings (SSSR count). The molecule has 1 aliphatic rings. The fraction of sp³-hybridized carbons (Fsp3) is 0.615. The summed E-state index contributed by atoms with van der Waals surface area (Å²) < 4.78 is 1.71. The van der Waals surface area contributed by atoms with E-state index < -0.39 is 12.0 Å². The van der Waals surface area contributed by atoms with Crippen molar-refractivity contribution in [3.63, 3.8) is 0 Å². The van der Waals surface area contributed by atoms with E-state index in [0.29, 0.717) is 18.8 Å². The van der Waals surface area contributed by atoms with Gasteiger partial charge in [-0.05, 0) is 24.8 Å². The molecule has 0 radical (unpaired) electrons. The Hall–Kier alpha value is -1.85. The highest BCUT2D eigenvalue weighted by Gasteiger charge is 2.30. The number of carboxylic acid groups (broad SMARTS) is 1. The van der Waals surface area contributed by atoms with Gasteiger partial charge in [0.25, 0.3) is 0 Å². The van der Waals surface area contributed by atoms with Crippen molar-refractivity contribution in [2.75, 3.05) is 0 Å². The summed E-state index contributed by atoms with van der Waals surface area (Å²) >= 11 is 0. The van der Waals surface area contributed by atoms with E-state index in [-0.39, 0.29) is 12.3 Å². The molecule has 2 N–H and O–H groups in total. The van der Waals surface area contributed by atoms with Gasteiger partial charge in [0.2, 0.25) is 5.91 Å². The molecule has 1 unspecified atom stereocenters. The highest BCUT2D eigenvalue weighted by molar-refractivity contribution is 5.83. The number of aliphatic carboxylic acids is 1. The number of carbonyl (C=O) groups is 2. The number of nitrogens with one attached hydrogen (secondary N) is 1. The second-order valence-corrected chi connectivity index (χ2v) is 5.08. The summed E-state index contributed by atoms with van der Waals surface area (Å²) in [6.45, 7) is 0. The Bertz CT molecular complexity index is 465. The number of amides is 1. The molecular formula is C13H19N3O3. The van der Waals surface area contributed by atoms with Crippen molar-refractivity contribution in [3.8, 4) is 0 Å². The summed E-state index contributed by atoms with van der Waals surface area (Å²) in [6.07, 6.45) is 5.24. The Labute approximate surface area is 111 Å². The van der Waals surface area contributed by atoms with Crippen molar-refractivity contribution < 1.29 is 14.7 Å². The van der Waals surface area contributed by atoms with E-state index in [9.17, 15) is 9.59 Å². The first-order valence-electron chi connectivity index (χ1n) is 6.55. The van der Waals surface area contributed by atoms with E-state index in [4.69, 9.17) is 5.11 Å². The highest BCUT2D eigenvalue weighted by atomic mass is 16.4. The Morgan fingerprint density at radius 2 is 2.32 bits per heavy atom. The molecule has 1 fully saturated rings. The number of aromatic nitrogens is 2. The summed E-state index contributed by atoms with van der Waals surface area (Å²) in [4.78, 5) is 22.8. The van der Waals surface area contributed by atoms with Crippen LogP contribution in [0.3, 0.4) is 0 Å². The zero-order valence-corrected chi connectivity index (χ0v) is 11.0. The van der Waals surface area contributed by atoms with Gasteiger partial charge in [-0.1, -0.05) is 12.8 Å². The number of carbonyl (C=O) groups excluding carboxylic acids is 1. The van der Waals surface area contributed by atoms with Gasteiger partial charge in [-0.2, -0.15) is 5.10 Å². The lowest BCUT2D eigenvalue weighted by atomic mass is 10.1. The molecule has 0 aromatic carbocycles. The first kappa shape index (κ1) is 13.6. The van der Waals surface area contributed by atoms with Crippen LogP contribution < -0.4 is 5.32 Å². The van der Waals surface area contributed by atoms with Crippen molar-refractivity contribution >= 4 is 11.9 Å². The summed E-state index contributed by atoms with van der Waals surface area (Å²) in [5, 5.41) is 15.7. The first-order valence-corrected chi connectivity index (χ1v) is 6.55. The Kier molecular flexibility index (Phi) is 4.19. The topological polar surface area (TPSA) is 84.2 Å². The second-order valence-electron chi connectivity index (χ2n) is 5.08. The maximum Gasteiger partial charge on any atom is 0.326 e. The summed E-state index contributed by atoms with van der Waals surface area (Å²) in [5.41, 5.74) is 0.962. The van der Waals surface area contributed by atoms with Gasteiger partial charge in [0, 0.05) is 25.4 Å². The van der Waals surface area contributed by atoms with Crippen LogP contribution in [0.15, 0.2) is 12.3 Å². The van der Waals surface area contributed by atoms with Crippen molar-refractivity contribution in [3.05, 3.63) is 18.0 Å². The molecule has 0 saturated heterocycles. The van der Waals surface area contributed by atoms with E-state index in [2.05, 4.69) is 10.4 Å².